The number of hydrogen-bond donors (Lipinski definition) is 1. The van der Waals surface area contributed by atoms with Crippen LogP contribution in [0.5, 0.6) is 0 Å². The van der Waals surface area contributed by atoms with Crippen molar-refractivity contribution in [3.8, 4) is 0 Å². The van der Waals surface area contributed by atoms with Gasteiger partial charge in [-0.1, -0.05) is 0 Å². The van der Waals surface area contributed by atoms with E-state index in [2.05, 4.69) is 5.10 Å². The lowest BCUT2D eigenvalue weighted by Crippen LogP contribution is -2.12. The van der Waals surface area contributed by atoms with Crippen LogP contribution in [0.1, 0.15) is 10.4 Å². The van der Waals surface area contributed by atoms with Crippen LogP contribution < -0.4 is 5.73 Å². The summed E-state index contributed by atoms with van der Waals surface area (Å²) in [6.07, 6.45) is 3.39. The summed E-state index contributed by atoms with van der Waals surface area (Å²) in [5, 5.41) is 3.97. The van der Waals surface area contributed by atoms with Crippen molar-refractivity contribution in [2.45, 2.75) is 0 Å². The first-order chi connectivity index (χ1) is 5.79. The van der Waals surface area contributed by atoms with Gasteiger partial charge in [0.15, 0.2) is 0 Å². The van der Waals surface area contributed by atoms with Crippen molar-refractivity contribution >= 4 is 11.4 Å². The number of fused-ring (bicyclic) bond motifs is 1. The van der Waals surface area contributed by atoms with Gasteiger partial charge in [0.2, 0.25) is 0 Å². The van der Waals surface area contributed by atoms with Crippen LogP contribution in [0.25, 0.3) is 5.52 Å². The maximum absolute atomic E-state index is 10.9. The van der Waals surface area contributed by atoms with Gasteiger partial charge in [-0.25, -0.2) is 4.52 Å². The predicted molar refractivity (Wildman–Crippen MR) is 43.7 cm³/mol. The zero-order valence-electron chi connectivity index (χ0n) is 6.27. The maximum atomic E-state index is 10.9. The average molecular weight is 161 g/mol. The first-order valence-corrected chi connectivity index (χ1v) is 3.51. The molecule has 2 aromatic heterocycles. The van der Waals surface area contributed by atoms with Gasteiger partial charge in [0.1, 0.15) is 0 Å². The second-order valence-corrected chi connectivity index (χ2v) is 2.45. The zero-order valence-corrected chi connectivity index (χ0v) is 6.27. The molecule has 12 heavy (non-hydrogen) atoms. The van der Waals surface area contributed by atoms with Crippen LogP contribution in [-0.4, -0.2) is 15.5 Å². The molecule has 0 aromatic carbocycles. The molecule has 0 saturated heterocycles. The number of pyridine rings is 1. The quantitative estimate of drug-likeness (QED) is 0.659. The molecular formula is C8H7N3O. The highest BCUT2D eigenvalue weighted by Crippen LogP contribution is 2.08. The van der Waals surface area contributed by atoms with E-state index in [-0.39, 0.29) is 0 Å². The Balaban J connectivity index is 2.82. The predicted octanol–water partition coefficient (Wildman–Crippen LogP) is 0.433. The molecule has 0 fully saturated rings. The van der Waals surface area contributed by atoms with Crippen molar-refractivity contribution in [1.29, 1.82) is 0 Å². The third-order valence-electron chi connectivity index (χ3n) is 1.70. The average Bonchev–Trinajstić information content (AvgIpc) is 2.49. The Bertz CT molecular complexity index is 433. The molecular weight excluding hydrogens is 154 g/mol. The zero-order chi connectivity index (χ0) is 8.55. The summed E-state index contributed by atoms with van der Waals surface area (Å²) >= 11 is 0. The third-order valence-corrected chi connectivity index (χ3v) is 1.70. The number of aromatic nitrogens is 2. The summed E-state index contributed by atoms with van der Waals surface area (Å²) in [5.74, 6) is -0.430. The minimum absolute atomic E-state index is 0.430. The van der Waals surface area contributed by atoms with Gasteiger partial charge in [-0.05, 0) is 18.2 Å². The fourth-order valence-electron chi connectivity index (χ4n) is 1.16. The Morgan fingerprint density at radius 1 is 1.50 bits per heavy atom. The van der Waals surface area contributed by atoms with Crippen molar-refractivity contribution in [3.63, 3.8) is 0 Å². The summed E-state index contributed by atoms with van der Waals surface area (Å²) in [7, 11) is 0. The molecule has 60 valence electrons. The summed E-state index contributed by atoms with van der Waals surface area (Å²) in [4.78, 5) is 10.9. The summed E-state index contributed by atoms with van der Waals surface area (Å²) in [6.45, 7) is 0. The SMILES string of the molecule is NC(=O)c1cccn2nccc12. The van der Waals surface area contributed by atoms with Crippen molar-refractivity contribution in [2.24, 2.45) is 5.73 Å². The van der Waals surface area contributed by atoms with Gasteiger partial charge in [0.05, 0.1) is 17.3 Å². The number of primary amides is 1. The normalized spacial score (nSPS) is 10.3. The molecule has 2 heterocycles. The number of rotatable bonds is 1. The second kappa shape index (κ2) is 2.34. The Kier molecular flexibility index (Phi) is 1.33. The molecule has 0 aliphatic heterocycles. The molecule has 0 bridgehead atoms. The molecule has 0 aliphatic rings. The van der Waals surface area contributed by atoms with Gasteiger partial charge in [-0.3, -0.25) is 4.79 Å². The summed E-state index contributed by atoms with van der Waals surface area (Å²) in [6, 6.07) is 5.17. The Hall–Kier alpha value is -1.84. The van der Waals surface area contributed by atoms with Crippen molar-refractivity contribution in [3.05, 3.63) is 36.2 Å². The summed E-state index contributed by atoms with van der Waals surface area (Å²) < 4.78 is 1.61. The van der Waals surface area contributed by atoms with Gasteiger partial charge in [0.25, 0.3) is 5.91 Å². The molecule has 4 heteroatoms. The van der Waals surface area contributed by atoms with Crippen LogP contribution in [-0.2, 0) is 0 Å². The molecule has 2 rings (SSSR count). The molecule has 0 unspecified atom stereocenters. The smallest absolute Gasteiger partial charge is 0.250 e. The summed E-state index contributed by atoms with van der Waals surface area (Å²) in [5.41, 5.74) is 6.40. The third kappa shape index (κ3) is 0.852. The van der Waals surface area contributed by atoms with E-state index < -0.39 is 5.91 Å². The molecule has 0 radical (unpaired) electrons. The Morgan fingerprint density at radius 3 is 3.08 bits per heavy atom. The first kappa shape index (κ1) is 6.84. The van der Waals surface area contributed by atoms with E-state index in [4.69, 9.17) is 5.73 Å². The number of nitrogens with zero attached hydrogens (tertiary/aromatic N) is 2. The fraction of sp³-hybridized carbons (Fsp3) is 0. The molecule has 2 N–H and O–H groups in total. The standard InChI is InChI=1S/C8H7N3O/c9-8(12)6-2-1-5-11-7(6)3-4-10-11/h1-5H,(H2,9,12). The van der Waals surface area contributed by atoms with Gasteiger partial charge >= 0.3 is 0 Å². The number of carbonyl (C=O) groups is 1. The van der Waals surface area contributed by atoms with Crippen LogP contribution in [0.2, 0.25) is 0 Å². The molecule has 0 aliphatic carbocycles. The Morgan fingerprint density at radius 2 is 2.33 bits per heavy atom. The van der Waals surface area contributed by atoms with Crippen LogP contribution in [0.15, 0.2) is 30.6 Å². The number of carbonyl (C=O) groups excluding carboxylic acids is 1. The first-order valence-electron chi connectivity index (χ1n) is 3.51. The van der Waals surface area contributed by atoms with Gasteiger partial charge in [0, 0.05) is 6.20 Å². The topological polar surface area (TPSA) is 60.4 Å². The Labute approximate surface area is 68.6 Å². The van der Waals surface area contributed by atoms with Crippen LogP contribution >= 0.6 is 0 Å². The van der Waals surface area contributed by atoms with E-state index in [0.717, 1.165) is 5.52 Å². The molecule has 0 atom stereocenters. The molecule has 0 spiro atoms. The highest BCUT2D eigenvalue weighted by Gasteiger charge is 2.05. The second-order valence-electron chi connectivity index (χ2n) is 2.45. The highest BCUT2D eigenvalue weighted by atomic mass is 16.1. The minimum atomic E-state index is -0.430. The number of nitrogens with two attached hydrogens (primary N) is 1. The van der Waals surface area contributed by atoms with Crippen LogP contribution in [0.4, 0.5) is 0 Å². The minimum Gasteiger partial charge on any atom is -0.366 e. The van der Waals surface area contributed by atoms with Gasteiger partial charge in [-0.15, -0.1) is 0 Å². The van der Waals surface area contributed by atoms with E-state index in [1.54, 1.807) is 35.1 Å². The van der Waals surface area contributed by atoms with E-state index in [0.29, 0.717) is 5.56 Å². The molecule has 2 aromatic rings. The van der Waals surface area contributed by atoms with Crippen molar-refractivity contribution in [1.82, 2.24) is 9.61 Å². The van der Waals surface area contributed by atoms with E-state index >= 15 is 0 Å². The highest BCUT2D eigenvalue weighted by molar-refractivity contribution is 5.99. The monoisotopic (exact) mass is 161 g/mol. The molecule has 0 saturated carbocycles. The van der Waals surface area contributed by atoms with E-state index in [1.807, 2.05) is 0 Å². The van der Waals surface area contributed by atoms with E-state index in [9.17, 15) is 4.79 Å². The number of amides is 1. The lowest BCUT2D eigenvalue weighted by Gasteiger charge is -1.97. The molecule has 1 amide bonds. The van der Waals surface area contributed by atoms with Crippen LogP contribution in [0.3, 0.4) is 0 Å². The lowest BCUT2D eigenvalue weighted by molar-refractivity contribution is 0.100. The largest absolute Gasteiger partial charge is 0.366 e. The van der Waals surface area contributed by atoms with E-state index in [1.165, 1.54) is 0 Å². The van der Waals surface area contributed by atoms with Gasteiger partial charge < -0.3 is 5.73 Å². The van der Waals surface area contributed by atoms with Crippen molar-refractivity contribution in [2.75, 3.05) is 0 Å². The van der Waals surface area contributed by atoms with Crippen LogP contribution in [0, 0.1) is 0 Å². The lowest BCUT2D eigenvalue weighted by atomic mass is 10.2. The molecule has 4 nitrogen and oxygen atoms in total. The fourth-order valence-corrected chi connectivity index (χ4v) is 1.16. The van der Waals surface area contributed by atoms with Crippen molar-refractivity contribution < 1.29 is 4.79 Å². The maximum Gasteiger partial charge on any atom is 0.250 e. The number of hydrogen-bond acceptors (Lipinski definition) is 2. The van der Waals surface area contributed by atoms with Gasteiger partial charge in [-0.2, -0.15) is 5.10 Å².